The zero-order valence-electron chi connectivity index (χ0n) is 17.5. The van der Waals surface area contributed by atoms with E-state index in [9.17, 15) is 9.18 Å². The molecule has 3 heterocycles. The van der Waals surface area contributed by atoms with Crippen LogP contribution in [0, 0.1) is 6.92 Å². The molecule has 2 atom stereocenters. The summed E-state index contributed by atoms with van der Waals surface area (Å²) in [6.45, 7) is 3.79. The lowest BCUT2D eigenvalue weighted by Gasteiger charge is -2.25. The van der Waals surface area contributed by atoms with E-state index in [1.165, 1.54) is 17.0 Å². The number of anilines is 2. The molecule has 4 N–H and O–H groups in total. The van der Waals surface area contributed by atoms with E-state index in [0.717, 1.165) is 5.56 Å². The number of H-pyrrole nitrogens is 1. The first-order valence-corrected chi connectivity index (χ1v) is 10.3. The molecule has 1 aliphatic carbocycles. The van der Waals surface area contributed by atoms with E-state index in [4.69, 9.17) is 10.7 Å². The number of aromatic nitrogens is 6. The Morgan fingerprint density at radius 2 is 2.16 bits per heavy atom. The second-order valence-corrected chi connectivity index (χ2v) is 7.63. The Morgan fingerprint density at radius 3 is 2.91 bits per heavy atom. The van der Waals surface area contributed by atoms with Crippen molar-refractivity contribution < 1.29 is 4.39 Å². The van der Waals surface area contributed by atoms with E-state index in [-0.39, 0.29) is 11.5 Å². The van der Waals surface area contributed by atoms with Gasteiger partial charge in [-0.25, -0.2) is 14.4 Å². The van der Waals surface area contributed by atoms with Gasteiger partial charge in [-0.1, -0.05) is 31.2 Å². The van der Waals surface area contributed by atoms with Crippen LogP contribution in [0.15, 0.2) is 53.4 Å². The number of nitrogens with zero attached hydrogens (tertiary/aromatic N) is 5. The average molecular weight is 432 g/mol. The Bertz CT molecular complexity index is 1470. The minimum atomic E-state index is -0.854. The van der Waals surface area contributed by atoms with Crippen molar-refractivity contribution in [2.45, 2.75) is 32.4 Å². The topological polar surface area (TPSA) is 127 Å². The van der Waals surface area contributed by atoms with Crippen molar-refractivity contribution in [3.05, 3.63) is 70.3 Å². The first kappa shape index (κ1) is 19.9. The normalized spacial score (nSPS) is 16.6. The summed E-state index contributed by atoms with van der Waals surface area (Å²) in [6.07, 6.45) is 6.66. The highest BCUT2D eigenvalue weighted by Crippen LogP contribution is 2.31. The third-order valence-electron chi connectivity index (χ3n) is 5.61. The maximum Gasteiger partial charge on any atom is 0.262 e. The first-order chi connectivity index (χ1) is 15.5. The first-order valence-electron chi connectivity index (χ1n) is 10.3. The van der Waals surface area contributed by atoms with Gasteiger partial charge >= 0.3 is 0 Å². The van der Waals surface area contributed by atoms with Crippen molar-refractivity contribution in [1.29, 1.82) is 0 Å². The van der Waals surface area contributed by atoms with Crippen molar-refractivity contribution in [2.75, 3.05) is 11.1 Å². The fourth-order valence-electron chi connectivity index (χ4n) is 4.06. The second-order valence-electron chi connectivity index (χ2n) is 7.63. The standard InChI is InChI=1S/C22H21FN8O/c1-3-13(27-19-17-18(26-10-25-17)29-22(24)30-19)20-28-14-8-4-6-11(2)16(14)21(32)31(20)15-9-5-7-12(15)23/h4-10,13,15H,3H2,1-2H3,(H4,24,25,26,27,29,30). The molecule has 32 heavy (non-hydrogen) atoms. The maximum atomic E-state index is 14.7. The minimum Gasteiger partial charge on any atom is -0.368 e. The highest BCUT2D eigenvalue weighted by molar-refractivity contribution is 5.84. The van der Waals surface area contributed by atoms with Crippen LogP contribution in [0.2, 0.25) is 0 Å². The van der Waals surface area contributed by atoms with Gasteiger partial charge in [-0.3, -0.25) is 9.36 Å². The molecule has 4 aromatic rings. The monoisotopic (exact) mass is 432 g/mol. The molecule has 162 valence electrons. The molecular weight excluding hydrogens is 411 g/mol. The molecule has 0 radical (unpaired) electrons. The molecule has 3 aromatic heterocycles. The summed E-state index contributed by atoms with van der Waals surface area (Å²) < 4.78 is 16.1. The molecule has 0 bridgehead atoms. The lowest BCUT2D eigenvalue weighted by atomic mass is 10.1. The number of nitrogens with one attached hydrogen (secondary N) is 2. The lowest BCUT2D eigenvalue weighted by Crippen LogP contribution is -2.32. The summed E-state index contributed by atoms with van der Waals surface area (Å²) in [5.41, 5.74) is 7.90. The predicted octanol–water partition coefficient (Wildman–Crippen LogP) is 3.48. The third-order valence-corrected chi connectivity index (χ3v) is 5.61. The van der Waals surface area contributed by atoms with Gasteiger partial charge in [0.25, 0.3) is 5.56 Å². The van der Waals surface area contributed by atoms with Gasteiger partial charge in [0.1, 0.15) is 23.2 Å². The molecule has 0 saturated carbocycles. The van der Waals surface area contributed by atoms with E-state index < -0.39 is 17.9 Å². The minimum absolute atomic E-state index is 0.0640. The van der Waals surface area contributed by atoms with Gasteiger partial charge in [0.2, 0.25) is 5.95 Å². The van der Waals surface area contributed by atoms with E-state index >= 15 is 0 Å². The summed E-state index contributed by atoms with van der Waals surface area (Å²) in [4.78, 5) is 33.9. The predicted molar refractivity (Wildman–Crippen MR) is 121 cm³/mol. The molecule has 0 aliphatic heterocycles. The van der Waals surface area contributed by atoms with Gasteiger partial charge in [0.15, 0.2) is 11.5 Å². The van der Waals surface area contributed by atoms with Gasteiger partial charge in [0, 0.05) is 0 Å². The molecule has 2 unspecified atom stereocenters. The molecule has 0 amide bonds. The van der Waals surface area contributed by atoms with E-state index in [1.54, 1.807) is 18.2 Å². The largest absolute Gasteiger partial charge is 0.368 e. The Balaban J connectivity index is 1.72. The van der Waals surface area contributed by atoms with Crippen molar-refractivity contribution >= 4 is 33.8 Å². The number of nitrogen functional groups attached to an aromatic ring is 1. The number of rotatable bonds is 5. The van der Waals surface area contributed by atoms with Crippen LogP contribution in [-0.4, -0.2) is 29.5 Å². The molecule has 1 aliphatic rings. The molecule has 0 fully saturated rings. The smallest absolute Gasteiger partial charge is 0.262 e. The average Bonchev–Trinajstić information content (AvgIpc) is 3.40. The zero-order chi connectivity index (χ0) is 22.4. The third kappa shape index (κ3) is 3.11. The Hall–Kier alpha value is -4.08. The molecule has 0 saturated heterocycles. The second kappa shape index (κ2) is 7.56. The summed E-state index contributed by atoms with van der Waals surface area (Å²) in [7, 11) is 0. The van der Waals surface area contributed by atoms with Crippen molar-refractivity contribution in [2.24, 2.45) is 0 Å². The van der Waals surface area contributed by atoms with Crippen LogP contribution < -0.4 is 16.6 Å². The number of hydrogen-bond acceptors (Lipinski definition) is 7. The highest BCUT2D eigenvalue weighted by Gasteiger charge is 2.28. The molecule has 5 rings (SSSR count). The van der Waals surface area contributed by atoms with Crippen LogP contribution in [0.5, 0.6) is 0 Å². The lowest BCUT2D eigenvalue weighted by molar-refractivity contribution is 0.478. The van der Waals surface area contributed by atoms with E-state index in [1.807, 2.05) is 26.0 Å². The summed E-state index contributed by atoms with van der Waals surface area (Å²) in [5.74, 6) is 0.481. The van der Waals surface area contributed by atoms with Gasteiger partial charge in [-0.15, -0.1) is 0 Å². The quantitative estimate of drug-likeness (QED) is 0.440. The SMILES string of the molecule is CCC(Nc1nc(N)nc2nc[nH]c12)c1nc2cccc(C)c2c(=O)n1C1C=CC=C1F. The highest BCUT2D eigenvalue weighted by atomic mass is 19.1. The number of allylic oxidation sites excluding steroid dienone is 4. The van der Waals surface area contributed by atoms with Gasteiger partial charge in [-0.05, 0) is 31.1 Å². The van der Waals surface area contributed by atoms with Crippen LogP contribution in [0.25, 0.3) is 22.1 Å². The number of nitrogens with two attached hydrogens (primary N) is 1. The van der Waals surface area contributed by atoms with Crippen molar-refractivity contribution in [1.82, 2.24) is 29.5 Å². The Labute approximate surface area is 181 Å². The molecule has 10 heteroatoms. The number of halogens is 1. The van der Waals surface area contributed by atoms with Crippen molar-refractivity contribution in [3.8, 4) is 0 Å². The van der Waals surface area contributed by atoms with Crippen LogP contribution in [0.3, 0.4) is 0 Å². The van der Waals surface area contributed by atoms with Gasteiger partial charge < -0.3 is 16.0 Å². The fourth-order valence-corrected chi connectivity index (χ4v) is 4.06. The summed E-state index contributed by atoms with van der Waals surface area (Å²) in [5, 5.41) is 3.78. The molecular formula is C22H21FN8O. The van der Waals surface area contributed by atoms with Crippen LogP contribution in [-0.2, 0) is 0 Å². The zero-order valence-corrected chi connectivity index (χ0v) is 17.5. The molecule has 9 nitrogen and oxygen atoms in total. The molecule has 1 aromatic carbocycles. The Morgan fingerprint density at radius 1 is 1.31 bits per heavy atom. The number of imidazole rings is 1. The number of aromatic amines is 1. The summed E-state index contributed by atoms with van der Waals surface area (Å²) >= 11 is 0. The van der Waals surface area contributed by atoms with Gasteiger partial charge in [-0.2, -0.15) is 9.97 Å². The Kier molecular flexibility index (Phi) is 4.69. The van der Waals surface area contributed by atoms with E-state index in [0.29, 0.717) is 40.1 Å². The number of aryl methyl sites for hydroxylation is 1. The number of hydrogen-bond donors (Lipinski definition) is 3. The number of benzene rings is 1. The number of fused-ring (bicyclic) bond motifs is 2. The molecule has 0 spiro atoms. The maximum absolute atomic E-state index is 14.7. The summed E-state index contributed by atoms with van der Waals surface area (Å²) in [6, 6.07) is 4.17. The van der Waals surface area contributed by atoms with Crippen LogP contribution >= 0.6 is 0 Å². The van der Waals surface area contributed by atoms with Crippen molar-refractivity contribution in [3.63, 3.8) is 0 Å². The van der Waals surface area contributed by atoms with Crippen LogP contribution in [0.4, 0.5) is 16.2 Å². The van der Waals surface area contributed by atoms with Crippen LogP contribution in [0.1, 0.15) is 36.8 Å². The van der Waals surface area contributed by atoms with Gasteiger partial charge in [0.05, 0.1) is 23.3 Å². The fraction of sp³-hybridized carbons (Fsp3) is 0.227. The van der Waals surface area contributed by atoms with E-state index in [2.05, 4.69) is 25.3 Å².